The largest absolute Gasteiger partial charge is 0.477 e. The van der Waals surface area contributed by atoms with Gasteiger partial charge in [0.2, 0.25) is 5.91 Å². The zero-order chi connectivity index (χ0) is 25.7. The van der Waals surface area contributed by atoms with Gasteiger partial charge in [-0.15, -0.1) is 34.7 Å². The van der Waals surface area contributed by atoms with Gasteiger partial charge < -0.3 is 25.3 Å². The average molecular weight is 546 g/mol. The number of alkyl halides is 1. The third-order valence-electron chi connectivity index (χ3n) is 6.06. The number of halogens is 1. The molecule has 1 aromatic heterocycles. The van der Waals surface area contributed by atoms with Gasteiger partial charge in [-0.25, -0.2) is 9.78 Å². The first kappa shape index (κ1) is 25.2. The summed E-state index contributed by atoms with van der Waals surface area (Å²) in [6.45, 7) is 3.17. The molecule has 0 aromatic carbocycles. The zero-order valence-corrected chi connectivity index (χ0v) is 21.0. The molecule has 0 radical (unpaired) electrons. The van der Waals surface area contributed by atoms with Crippen molar-refractivity contribution in [1.82, 2.24) is 15.2 Å². The van der Waals surface area contributed by atoms with E-state index < -0.39 is 58.1 Å². The Balaban J connectivity index is 1.54. The van der Waals surface area contributed by atoms with Crippen LogP contribution in [0.3, 0.4) is 0 Å². The van der Waals surface area contributed by atoms with Gasteiger partial charge in [0, 0.05) is 11.1 Å². The number of esters is 1. The number of nitrogens with one attached hydrogen (secondary N) is 2. The molecule has 188 valence electrons. The first-order valence-electron chi connectivity index (χ1n) is 10.1. The van der Waals surface area contributed by atoms with Gasteiger partial charge in [-0.3, -0.25) is 24.1 Å². The van der Waals surface area contributed by atoms with E-state index in [0.717, 1.165) is 16.2 Å². The number of ether oxygens (including phenoxy) is 1. The molecule has 3 amide bonds. The van der Waals surface area contributed by atoms with E-state index in [0.29, 0.717) is 0 Å². The van der Waals surface area contributed by atoms with Crippen molar-refractivity contribution in [2.75, 3.05) is 24.1 Å². The van der Waals surface area contributed by atoms with Gasteiger partial charge in [0.15, 0.2) is 10.8 Å². The highest BCUT2D eigenvalue weighted by atomic mass is 35.5. The quantitative estimate of drug-likeness (QED) is 0.139. The number of aliphatic carboxylic acids is 1. The molecule has 0 saturated carbocycles. The number of aromatic nitrogens is 1. The van der Waals surface area contributed by atoms with Crippen molar-refractivity contribution in [2.45, 2.75) is 31.0 Å². The monoisotopic (exact) mass is 545 g/mol. The molecule has 3 saturated heterocycles. The molecular formula is C19H20ClN5O8S2. The van der Waals surface area contributed by atoms with E-state index >= 15 is 0 Å². The molecule has 4 heterocycles. The van der Waals surface area contributed by atoms with Crippen molar-refractivity contribution in [2.24, 2.45) is 16.5 Å². The fourth-order valence-electron chi connectivity index (χ4n) is 4.22. The fourth-order valence-corrected chi connectivity index (χ4v) is 6.82. The lowest BCUT2D eigenvalue weighted by molar-refractivity contribution is -0.216. The van der Waals surface area contributed by atoms with Gasteiger partial charge in [0.25, 0.3) is 17.5 Å². The number of anilines is 1. The first-order chi connectivity index (χ1) is 16.5. The lowest BCUT2D eigenvalue weighted by atomic mass is 9.74. The van der Waals surface area contributed by atoms with Crippen LogP contribution in [0.15, 0.2) is 10.5 Å². The van der Waals surface area contributed by atoms with E-state index in [1.807, 2.05) is 0 Å². The van der Waals surface area contributed by atoms with Gasteiger partial charge in [-0.05, 0) is 13.8 Å². The van der Waals surface area contributed by atoms with Crippen molar-refractivity contribution < 1.29 is 38.7 Å². The molecule has 3 fully saturated rings. The maximum Gasteiger partial charge on any atom is 0.370 e. The van der Waals surface area contributed by atoms with Crippen molar-refractivity contribution >= 4 is 75.2 Å². The summed E-state index contributed by atoms with van der Waals surface area (Å²) in [5.41, 5.74) is -3.43. The van der Waals surface area contributed by atoms with Crippen LogP contribution in [-0.2, 0) is 33.5 Å². The predicted molar refractivity (Wildman–Crippen MR) is 124 cm³/mol. The highest BCUT2D eigenvalue weighted by Gasteiger charge is 2.75. The SMILES string of the molecule is CO/N=C(/C(=O)NC1C(=O)N2C1SCC1C(C)(C)C(=O)OC12C(=O)O)c1csc(NC(=O)CCl)n1. The number of hydrogen-bond acceptors (Lipinski definition) is 11. The Bertz CT molecular complexity index is 1160. The second-order valence-corrected chi connectivity index (χ2v) is 10.7. The number of nitrogens with zero attached hydrogens (tertiary/aromatic N) is 3. The molecule has 4 atom stereocenters. The van der Waals surface area contributed by atoms with Gasteiger partial charge in [0.1, 0.15) is 30.1 Å². The fraction of sp³-hybridized carbons (Fsp3) is 0.526. The average Bonchev–Trinajstić information content (AvgIpc) is 3.34. The van der Waals surface area contributed by atoms with E-state index in [4.69, 9.17) is 21.2 Å². The number of thiazole rings is 1. The van der Waals surface area contributed by atoms with Crippen LogP contribution in [0.4, 0.5) is 5.13 Å². The summed E-state index contributed by atoms with van der Waals surface area (Å²) in [5, 5.41) is 19.5. The third-order valence-corrected chi connectivity index (χ3v) is 8.41. The maximum absolute atomic E-state index is 13.1. The van der Waals surface area contributed by atoms with Gasteiger partial charge >= 0.3 is 11.9 Å². The topological polar surface area (TPSA) is 177 Å². The first-order valence-corrected chi connectivity index (χ1v) is 12.6. The number of amides is 3. The van der Waals surface area contributed by atoms with Crippen LogP contribution in [-0.4, -0.2) is 86.2 Å². The highest BCUT2D eigenvalue weighted by molar-refractivity contribution is 8.00. The molecule has 3 aliphatic rings. The zero-order valence-electron chi connectivity index (χ0n) is 18.6. The Hall–Kier alpha value is -2.91. The van der Waals surface area contributed by atoms with Gasteiger partial charge in [-0.2, -0.15) is 0 Å². The van der Waals surface area contributed by atoms with Crippen LogP contribution < -0.4 is 10.6 Å². The molecule has 13 nitrogen and oxygen atoms in total. The van der Waals surface area contributed by atoms with Gasteiger partial charge in [-0.1, -0.05) is 5.16 Å². The number of carbonyl (C=O) groups is 5. The van der Waals surface area contributed by atoms with Crippen molar-refractivity contribution in [1.29, 1.82) is 0 Å². The Kier molecular flexibility index (Phi) is 6.44. The van der Waals surface area contributed by atoms with Crippen molar-refractivity contribution in [3.8, 4) is 0 Å². The number of oxime groups is 1. The summed E-state index contributed by atoms with van der Waals surface area (Å²) in [6.07, 6.45) is 0. The molecule has 0 aliphatic carbocycles. The van der Waals surface area contributed by atoms with Crippen LogP contribution in [0.5, 0.6) is 0 Å². The minimum Gasteiger partial charge on any atom is -0.477 e. The normalized spacial score (nSPS) is 28.9. The van der Waals surface area contributed by atoms with Crippen LogP contribution in [0, 0.1) is 11.3 Å². The summed E-state index contributed by atoms with van der Waals surface area (Å²) in [6, 6.07) is -1.09. The van der Waals surface area contributed by atoms with Crippen LogP contribution in [0.25, 0.3) is 0 Å². The van der Waals surface area contributed by atoms with E-state index in [1.54, 1.807) is 13.8 Å². The Labute approximate surface area is 211 Å². The van der Waals surface area contributed by atoms with Crippen molar-refractivity contribution in [3.05, 3.63) is 11.1 Å². The molecule has 4 unspecified atom stereocenters. The predicted octanol–water partition coefficient (Wildman–Crippen LogP) is 0.0509. The Morgan fingerprint density at radius 3 is 2.74 bits per heavy atom. The molecule has 1 aromatic rings. The van der Waals surface area contributed by atoms with Crippen molar-refractivity contribution in [3.63, 3.8) is 0 Å². The standard InChI is InChI=1S/C19H20ClN5O8S2/c1-18(2)8-6-34-14-11(13(28)25(14)19(8,15(29)30)33-16(18)31)23-12(27)10(24-32-3)7-5-35-17(21-7)22-9(26)4-20/h5,8,11,14H,4,6H2,1-3H3,(H,23,27)(H,29,30)(H,21,22,26)/b24-10+. The molecule has 3 N–H and O–H groups in total. The third kappa shape index (κ3) is 3.81. The molecular weight excluding hydrogens is 526 g/mol. The van der Waals surface area contributed by atoms with Gasteiger partial charge in [0.05, 0.1) is 11.3 Å². The van der Waals surface area contributed by atoms with Crippen LogP contribution >= 0.6 is 34.7 Å². The summed E-state index contributed by atoms with van der Waals surface area (Å²) in [4.78, 5) is 72.1. The number of carboxylic acid groups (broad SMARTS) is 1. The number of β-lactam (4-membered cyclic amide) rings is 1. The lowest BCUT2D eigenvalue weighted by Crippen LogP contribution is -2.81. The van der Waals surface area contributed by atoms with Crippen LogP contribution in [0.2, 0.25) is 0 Å². The van der Waals surface area contributed by atoms with E-state index in [2.05, 4.69) is 20.8 Å². The second-order valence-electron chi connectivity index (χ2n) is 8.39. The van der Waals surface area contributed by atoms with E-state index in [1.165, 1.54) is 24.3 Å². The summed E-state index contributed by atoms with van der Waals surface area (Å²) >= 11 is 7.73. The number of hydrogen-bond donors (Lipinski definition) is 3. The van der Waals surface area contributed by atoms with E-state index in [9.17, 15) is 29.1 Å². The number of fused-ring (bicyclic) bond motifs is 3. The minimum atomic E-state index is -2.14. The number of rotatable bonds is 7. The summed E-state index contributed by atoms with van der Waals surface area (Å²) < 4.78 is 5.33. The molecule has 0 spiro atoms. The Morgan fingerprint density at radius 2 is 2.11 bits per heavy atom. The molecule has 3 aliphatic heterocycles. The molecule has 35 heavy (non-hydrogen) atoms. The highest BCUT2D eigenvalue weighted by Crippen LogP contribution is 2.57. The number of thioether (sulfide) groups is 1. The lowest BCUT2D eigenvalue weighted by Gasteiger charge is -2.57. The number of carbonyl (C=O) groups excluding carboxylic acids is 4. The minimum absolute atomic E-state index is 0.0766. The van der Waals surface area contributed by atoms with Crippen LogP contribution in [0.1, 0.15) is 19.5 Å². The maximum atomic E-state index is 13.1. The Morgan fingerprint density at radius 1 is 1.40 bits per heavy atom. The molecule has 4 rings (SSSR count). The second kappa shape index (κ2) is 8.95. The number of carboxylic acids is 1. The smallest absolute Gasteiger partial charge is 0.370 e. The molecule has 16 heteroatoms. The summed E-state index contributed by atoms with van der Waals surface area (Å²) in [5.74, 6) is -4.98. The summed E-state index contributed by atoms with van der Waals surface area (Å²) in [7, 11) is 1.22. The molecule has 0 bridgehead atoms. The van der Waals surface area contributed by atoms with E-state index in [-0.39, 0.29) is 28.2 Å².